The predicted octanol–water partition coefficient (Wildman–Crippen LogP) is -1.94. The SMILES string of the molecule is O=[N+]([O-])c1cc(S(=O)(=O)[O-])cc([N+](=O)[O-])c1Cl.[Li+]. The second-order valence-electron chi connectivity index (χ2n) is 2.74. The van der Waals surface area contributed by atoms with Gasteiger partial charge in [-0.1, -0.05) is 11.6 Å². The summed E-state index contributed by atoms with van der Waals surface area (Å²) in [4.78, 5) is 17.6. The maximum Gasteiger partial charge on any atom is 1.00 e. The van der Waals surface area contributed by atoms with Gasteiger partial charge in [-0.3, -0.25) is 20.2 Å². The van der Waals surface area contributed by atoms with E-state index in [0.717, 1.165) is 0 Å². The topological polar surface area (TPSA) is 143 Å². The minimum absolute atomic E-state index is 0. The quantitative estimate of drug-likeness (QED) is 0.272. The van der Waals surface area contributed by atoms with E-state index in [1.807, 2.05) is 0 Å². The maximum atomic E-state index is 10.6. The molecule has 0 heterocycles. The smallest absolute Gasteiger partial charge is 0.744 e. The third-order valence-corrected chi connectivity index (χ3v) is 2.89. The van der Waals surface area contributed by atoms with Gasteiger partial charge >= 0.3 is 18.9 Å². The molecule has 0 saturated carbocycles. The number of hydrogen-bond acceptors (Lipinski definition) is 7. The van der Waals surface area contributed by atoms with E-state index in [4.69, 9.17) is 11.6 Å². The fourth-order valence-corrected chi connectivity index (χ4v) is 1.74. The average Bonchev–Trinajstić information content (AvgIpc) is 2.14. The van der Waals surface area contributed by atoms with E-state index in [0.29, 0.717) is 12.1 Å². The second-order valence-corrected chi connectivity index (χ2v) is 4.50. The number of nitro benzene ring substituents is 2. The van der Waals surface area contributed by atoms with Crippen molar-refractivity contribution < 1.29 is 41.7 Å². The molecular weight excluding hydrogens is 287 g/mol. The molecule has 0 aromatic heterocycles. The molecule has 0 atom stereocenters. The van der Waals surface area contributed by atoms with Crippen LogP contribution in [0, 0.1) is 20.2 Å². The Morgan fingerprint density at radius 2 is 1.39 bits per heavy atom. The van der Waals surface area contributed by atoms with E-state index in [1.54, 1.807) is 0 Å². The predicted molar refractivity (Wildman–Crippen MR) is 52.7 cm³/mol. The fourth-order valence-electron chi connectivity index (χ4n) is 0.979. The van der Waals surface area contributed by atoms with Crippen LogP contribution in [0.25, 0.3) is 0 Å². The van der Waals surface area contributed by atoms with Gasteiger partial charge in [0.25, 0.3) is 11.4 Å². The van der Waals surface area contributed by atoms with Crippen LogP contribution in [0.3, 0.4) is 0 Å². The van der Waals surface area contributed by atoms with E-state index in [2.05, 4.69) is 0 Å². The van der Waals surface area contributed by atoms with Gasteiger partial charge in [0.1, 0.15) is 10.1 Å². The Morgan fingerprint density at radius 1 is 1.06 bits per heavy atom. The van der Waals surface area contributed by atoms with Crippen molar-refractivity contribution in [3.63, 3.8) is 0 Å². The van der Waals surface area contributed by atoms with E-state index in [1.165, 1.54) is 0 Å². The summed E-state index contributed by atoms with van der Waals surface area (Å²) < 4.78 is 31.9. The van der Waals surface area contributed by atoms with Crippen molar-refractivity contribution in [2.75, 3.05) is 0 Å². The first-order valence-corrected chi connectivity index (χ1v) is 5.51. The molecule has 0 fully saturated rings. The van der Waals surface area contributed by atoms with Gasteiger partial charge in [-0.25, -0.2) is 8.42 Å². The van der Waals surface area contributed by atoms with Crippen LogP contribution in [0.4, 0.5) is 11.4 Å². The Morgan fingerprint density at radius 3 is 1.61 bits per heavy atom. The van der Waals surface area contributed by atoms with E-state index >= 15 is 0 Å². The first kappa shape index (κ1) is 16.8. The first-order valence-electron chi connectivity index (χ1n) is 3.73. The molecule has 0 N–H and O–H groups in total. The van der Waals surface area contributed by atoms with Crippen LogP contribution >= 0.6 is 11.6 Å². The maximum absolute atomic E-state index is 10.6. The zero-order chi connectivity index (χ0) is 13.4. The number of benzene rings is 1. The Bertz CT molecular complexity index is 581. The number of nitrogens with zero attached hydrogens (tertiary/aromatic N) is 2. The molecule has 92 valence electrons. The molecule has 1 aromatic rings. The molecule has 0 aliphatic rings. The minimum atomic E-state index is -5.05. The van der Waals surface area contributed by atoms with Gasteiger partial charge in [0, 0.05) is 12.1 Å². The minimum Gasteiger partial charge on any atom is -0.744 e. The van der Waals surface area contributed by atoms with Crippen LogP contribution in [0.2, 0.25) is 5.02 Å². The van der Waals surface area contributed by atoms with Crippen molar-refractivity contribution in [3.05, 3.63) is 37.4 Å². The van der Waals surface area contributed by atoms with Gasteiger partial charge in [-0.05, 0) is 0 Å². The largest absolute Gasteiger partial charge is 1.00 e. The van der Waals surface area contributed by atoms with Crippen molar-refractivity contribution in [1.82, 2.24) is 0 Å². The fraction of sp³-hybridized carbons (Fsp3) is 0. The molecule has 0 aliphatic heterocycles. The van der Waals surface area contributed by atoms with Gasteiger partial charge in [-0.15, -0.1) is 0 Å². The van der Waals surface area contributed by atoms with Crippen molar-refractivity contribution in [2.45, 2.75) is 4.90 Å². The monoisotopic (exact) mass is 288 g/mol. The molecule has 9 nitrogen and oxygen atoms in total. The van der Waals surface area contributed by atoms with Crippen LogP contribution in [-0.2, 0) is 10.1 Å². The van der Waals surface area contributed by atoms with Crippen molar-refractivity contribution in [3.8, 4) is 0 Å². The van der Waals surface area contributed by atoms with E-state index in [9.17, 15) is 33.2 Å². The summed E-state index contributed by atoms with van der Waals surface area (Å²) in [6, 6.07) is 0.745. The van der Waals surface area contributed by atoms with Gasteiger partial charge < -0.3 is 4.55 Å². The summed E-state index contributed by atoms with van der Waals surface area (Å²) in [7, 11) is -5.05. The molecule has 0 amide bonds. The number of halogens is 1. The summed E-state index contributed by atoms with van der Waals surface area (Å²) in [6.45, 7) is 0. The second kappa shape index (κ2) is 5.64. The van der Waals surface area contributed by atoms with Crippen LogP contribution in [0.1, 0.15) is 0 Å². The summed E-state index contributed by atoms with van der Waals surface area (Å²) in [6.07, 6.45) is 0. The molecule has 0 aliphatic carbocycles. The molecule has 0 radical (unpaired) electrons. The molecule has 0 bridgehead atoms. The number of hydrogen-bond donors (Lipinski definition) is 0. The molecule has 1 rings (SSSR count). The summed E-state index contributed by atoms with van der Waals surface area (Å²) in [5.74, 6) is 0. The number of nitro groups is 2. The zero-order valence-corrected chi connectivity index (χ0v) is 10.3. The Balaban J connectivity index is 0.00000289. The standard InChI is InChI=1S/C6H3ClN2O7S.Li/c7-6-4(8(10)11)1-3(17(14,15)16)2-5(6)9(12)13;/h1-2H,(H,14,15,16);/q;+1/p-1. The van der Waals surface area contributed by atoms with Crippen LogP contribution in [0.15, 0.2) is 17.0 Å². The molecular formula is C6H2ClLiN2O7S. The molecule has 0 spiro atoms. The Hall–Kier alpha value is -1.18. The van der Waals surface area contributed by atoms with Crippen molar-refractivity contribution in [1.29, 1.82) is 0 Å². The van der Waals surface area contributed by atoms with Gasteiger partial charge in [0.2, 0.25) is 0 Å². The van der Waals surface area contributed by atoms with E-state index < -0.39 is 41.3 Å². The summed E-state index contributed by atoms with van der Waals surface area (Å²) >= 11 is 5.34. The van der Waals surface area contributed by atoms with E-state index in [-0.39, 0.29) is 18.9 Å². The average molecular weight is 289 g/mol. The first-order chi connectivity index (χ1) is 7.64. The van der Waals surface area contributed by atoms with Crippen molar-refractivity contribution >= 4 is 33.1 Å². The summed E-state index contributed by atoms with van der Waals surface area (Å²) in [5, 5.41) is 20.1. The normalized spacial score (nSPS) is 10.6. The molecule has 1 aromatic carbocycles. The summed E-state index contributed by atoms with van der Waals surface area (Å²) in [5.41, 5.74) is -2.04. The Labute approximate surface area is 117 Å². The molecule has 18 heavy (non-hydrogen) atoms. The van der Waals surface area contributed by atoms with Crippen molar-refractivity contribution in [2.24, 2.45) is 0 Å². The molecule has 0 saturated heterocycles. The Kier molecular flexibility index (Phi) is 5.27. The third kappa shape index (κ3) is 3.41. The third-order valence-electron chi connectivity index (χ3n) is 1.69. The van der Waals surface area contributed by atoms with Crippen LogP contribution < -0.4 is 18.9 Å². The zero-order valence-electron chi connectivity index (χ0n) is 8.69. The number of rotatable bonds is 3. The van der Waals surface area contributed by atoms with Crippen LogP contribution in [-0.4, -0.2) is 22.8 Å². The van der Waals surface area contributed by atoms with Gasteiger partial charge in [-0.2, -0.15) is 0 Å². The molecule has 12 heteroatoms. The molecule has 0 unspecified atom stereocenters. The van der Waals surface area contributed by atoms with Crippen LogP contribution in [0.5, 0.6) is 0 Å². The van der Waals surface area contributed by atoms with Gasteiger partial charge in [0.15, 0.2) is 5.02 Å². The van der Waals surface area contributed by atoms with Gasteiger partial charge in [0.05, 0.1) is 14.7 Å².